The van der Waals surface area contributed by atoms with E-state index < -0.39 is 12.0 Å². The van der Waals surface area contributed by atoms with Crippen molar-refractivity contribution in [2.24, 2.45) is 10.3 Å². The number of para-hydroxylation sites is 1. The van der Waals surface area contributed by atoms with Crippen LogP contribution in [0, 0.1) is 0 Å². The first kappa shape index (κ1) is 15.1. The molecule has 0 radical (unpaired) electrons. The Bertz CT molecular complexity index is 825. The SMILES string of the molecule is CC(N=NNc1ccc(-c2nc3ccccc3s2)cc1)C(=O)O. The minimum atomic E-state index is -1.01. The highest BCUT2D eigenvalue weighted by atomic mass is 32.1. The molecule has 0 fully saturated rings. The van der Waals surface area contributed by atoms with Crippen LogP contribution in [-0.2, 0) is 4.79 Å². The Labute approximate surface area is 136 Å². The molecule has 0 aliphatic rings. The summed E-state index contributed by atoms with van der Waals surface area (Å²) in [6.07, 6.45) is 0. The van der Waals surface area contributed by atoms with Crippen LogP contribution < -0.4 is 5.43 Å². The van der Waals surface area contributed by atoms with E-state index in [0.717, 1.165) is 26.5 Å². The van der Waals surface area contributed by atoms with Gasteiger partial charge in [0.15, 0.2) is 6.04 Å². The Morgan fingerprint density at radius 1 is 1.22 bits per heavy atom. The summed E-state index contributed by atoms with van der Waals surface area (Å²) >= 11 is 1.64. The molecule has 23 heavy (non-hydrogen) atoms. The molecule has 6 nitrogen and oxygen atoms in total. The quantitative estimate of drug-likeness (QED) is 0.543. The first-order chi connectivity index (χ1) is 11.1. The lowest BCUT2D eigenvalue weighted by Crippen LogP contribution is -2.12. The molecule has 0 spiro atoms. The van der Waals surface area contributed by atoms with Crippen LogP contribution in [0.2, 0.25) is 0 Å². The molecule has 0 aliphatic carbocycles. The largest absolute Gasteiger partial charge is 0.480 e. The molecule has 1 unspecified atom stereocenters. The van der Waals surface area contributed by atoms with Crippen molar-refractivity contribution in [2.45, 2.75) is 13.0 Å². The zero-order valence-electron chi connectivity index (χ0n) is 12.3. The molecule has 3 rings (SSSR count). The zero-order valence-corrected chi connectivity index (χ0v) is 13.1. The summed E-state index contributed by atoms with van der Waals surface area (Å²) in [5, 5.41) is 17.0. The molecule has 0 aliphatic heterocycles. The summed E-state index contributed by atoms with van der Waals surface area (Å²) in [4.78, 5) is 15.2. The summed E-state index contributed by atoms with van der Waals surface area (Å²) in [6.45, 7) is 1.46. The third-order valence-electron chi connectivity index (χ3n) is 3.19. The zero-order chi connectivity index (χ0) is 16.2. The number of nitrogens with one attached hydrogen (secondary N) is 1. The van der Waals surface area contributed by atoms with Crippen LogP contribution in [0.5, 0.6) is 0 Å². The highest BCUT2D eigenvalue weighted by molar-refractivity contribution is 7.21. The maximum absolute atomic E-state index is 10.6. The number of carboxylic acids is 1. The molecule has 1 atom stereocenters. The second-order valence-electron chi connectivity index (χ2n) is 4.91. The van der Waals surface area contributed by atoms with Gasteiger partial charge in [0.1, 0.15) is 5.01 Å². The van der Waals surface area contributed by atoms with Crippen LogP contribution in [0.3, 0.4) is 0 Å². The van der Waals surface area contributed by atoms with Gasteiger partial charge in [-0.3, -0.25) is 5.43 Å². The molecule has 2 aromatic carbocycles. The van der Waals surface area contributed by atoms with E-state index in [1.165, 1.54) is 6.92 Å². The number of fused-ring (bicyclic) bond motifs is 1. The van der Waals surface area contributed by atoms with E-state index in [1.807, 2.05) is 42.5 Å². The average molecular weight is 326 g/mol. The number of thiazole rings is 1. The summed E-state index contributed by atoms with van der Waals surface area (Å²) in [6, 6.07) is 14.7. The van der Waals surface area contributed by atoms with Gasteiger partial charge in [0.05, 0.1) is 15.9 Å². The van der Waals surface area contributed by atoms with E-state index in [1.54, 1.807) is 11.3 Å². The molecule has 2 N–H and O–H groups in total. The number of aromatic nitrogens is 1. The van der Waals surface area contributed by atoms with E-state index in [9.17, 15) is 4.79 Å². The van der Waals surface area contributed by atoms with E-state index in [-0.39, 0.29) is 0 Å². The van der Waals surface area contributed by atoms with Crippen LogP contribution in [0.15, 0.2) is 58.9 Å². The molecular weight excluding hydrogens is 312 g/mol. The van der Waals surface area contributed by atoms with Crippen molar-refractivity contribution >= 4 is 33.2 Å². The average Bonchev–Trinajstić information content (AvgIpc) is 2.99. The van der Waals surface area contributed by atoms with Crippen molar-refractivity contribution in [3.63, 3.8) is 0 Å². The maximum Gasteiger partial charge on any atom is 0.330 e. The van der Waals surface area contributed by atoms with Gasteiger partial charge in [-0.1, -0.05) is 17.4 Å². The minimum absolute atomic E-state index is 0.733. The van der Waals surface area contributed by atoms with Crippen molar-refractivity contribution in [3.8, 4) is 10.6 Å². The van der Waals surface area contributed by atoms with Gasteiger partial charge in [-0.05, 0) is 43.3 Å². The fourth-order valence-corrected chi connectivity index (χ4v) is 2.88. The monoisotopic (exact) mass is 326 g/mol. The number of anilines is 1. The molecule has 116 valence electrons. The molecule has 0 saturated heterocycles. The number of benzene rings is 2. The topological polar surface area (TPSA) is 86.9 Å². The Morgan fingerprint density at radius 2 is 1.96 bits per heavy atom. The first-order valence-corrected chi connectivity index (χ1v) is 7.80. The van der Waals surface area contributed by atoms with E-state index >= 15 is 0 Å². The molecule has 0 saturated carbocycles. The lowest BCUT2D eigenvalue weighted by molar-refractivity contribution is -0.138. The first-order valence-electron chi connectivity index (χ1n) is 6.98. The van der Waals surface area contributed by atoms with Crippen LogP contribution in [0.25, 0.3) is 20.8 Å². The number of nitrogens with zero attached hydrogens (tertiary/aromatic N) is 3. The lowest BCUT2D eigenvalue weighted by atomic mass is 10.2. The van der Waals surface area contributed by atoms with Crippen molar-refractivity contribution in [1.82, 2.24) is 4.98 Å². The predicted molar refractivity (Wildman–Crippen MR) is 90.6 cm³/mol. The molecule has 1 aromatic heterocycles. The Morgan fingerprint density at radius 3 is 2.65 bits per heavy atom. The van der Waals surface area contributed by atoms with Crippen LogP contribution in [0.1, 0.15) is 6.92 Å². The predicted octanol–water partition coefficient (Wildman–Crippen LogP) is 4.22. The highest BCUT2D eigenvalue weighted by Crippen LogP contribution is 2.30. The number of aliphatic carboxylic acids is 1. The number of carbonyl (C=O) groups is 1. The Kier molecular flexibility index (Phi) is 4.29. The highest BCUT2D eigenvalue weighted by Gasteiger charge is 2.08. The molecule has 3 aromatic rings. The van der Waals surface area contributed by atoms with Crippen molar-refractivity contribution in [1.29, 1.82) is 0 Å². The molecular formula is C16H14N4O2S. The van der Waals surface area contributed by atoms with Gasteiger partial charge in [0.25, 0.3) is 0 Å². The van der Waals surface area contributed by atoms with Gasteiger partial charge < -0.3 is 5.11 Å². The minimum Gasteiger partial charge on any atom is -0.480 e. The number of rotatable bonds is 5. The summed E-state index contributed by atoms with van der Waals surface area (Å²) < 4.78 is 1.15. The maximum atomic E-state index is 10.6. The lowest BCUT2D eigenvalue weighted by Gasteiger charge is -2.01. The second kappa shape index (κ2) is 6.53. The van der Waals surface area contributed by atoms with Gasteiger partial charge in [0, 0.05) is 5.56 Å². The Balaban J connectivity index is 1.73. The van der Waals surface area contributed by atoms with Crippen LogP contribution in [0.4, 0.5) is 5.69 Å². The Hall–Kier alpha value is -2.80. The standard InChI is InChI=1S/C16H14N4O2S/c1-10(16(21)22)18-20-19-12-8-6-11(7-9-12)15-17-13-4-2-3-5-14(13)23-15/h2-10H,1H3,(H,18,19)(H,21,22). The van der Waals surface area contributed by atoms with Gasteiger partial charge in [-0.2, -0.15) is 5.11 Å². The van der Waals surface area contributed by atoms with E-state index in [4.69, 9.17) is 5.11 Å². The number of carboxylic acid groups (broad SMARTS) is 1. The van der Waals surface area contributed by atoms with E-state index in [0.29, 0.717) is 0 Å². The molecule has 1 heterocycles. The fraction of sp³-hybridized carbons (Fsp3) is 0.125. The van der Waals surface area contributed by atoms with Gasteiger partial charge in [-0.15, -0.1) is 11.3 Å². The van der Waals surface area contributed by atoms with Crippen molar-refractivity contribution < 1.29 is 9.90 Å². The van der Waals surface area contributed by atoms with Gasteiger partial charge >= 0.3 is 5.97 Å². The molecule has 0 amide bonds. The normalized spacial score (nSPS) is 12.6. The summed E-state index contributed by atoms with van der Waals surface area (Å²) in [7, 11) is 0. The van der Waals surface area contributed by atoms with E-state index in [2.05, 4.69) is 26.8 Å². The summed E-state index contributed by atoms with van der Waals surface area (Å²) in [5.41, 5.74) is 5.46. The summed E-state index contributed by atoms with van der Waals surface area (Å²) in [5.74, 6) is -1.01. The number of hydrogen-bond acceptors (Lipinski definition) is 5. The van der Waals surface area contributed by atoms with Gasteiger partial charge in [0.2, 0.25) is 0 Å². The van der Waals surface area contributed by atoms with Crippen molar-refractivity contribution in [3.05, 3.63) is 48.5 Å². The van der Waals surface area contributed by atoms with Gasteiger partial charge in [-0.25, -0.2) is 9.78 Å². The smallest absolute Gasteiger partial charge is 0.330 e. The third-order valence-corrected chi connectivity index (χ3v) is 4.28. The fourth-order valence-electron chi connectivity index (χ4n) is 1.91. The van der Waals surface area contributed by atoms with Crippen molar-refractivity contribution in [2.75, 3.05) is 5.43 Å². The second-order valence-corrected chi connectivity index (χ2v) is 5.94. The molecule has 0 bridgehead atoms. The van der Waals surface area contributed by atoms with Crippen LogP contribution in [-0.4, -0.2) is 22.1 Å². The number of hydrogen-bond donors (Lipinski definition) is 2. The van der Waals surface area contributed by atoms with Crippen LogP contribution >= 0.6 is 11.3 Å². The third kappa shape index (κ3) is 3.51. The molecule has 7 heteroatoms.